The normalized spacial score (nSPS) is 13.2. The fraction of sp³-hybridized carbons (Fsp3) is 0.455. The maximum absolute atomic E-state index is 5.95. The second kappa shape index (κ2) is 5.71. The van der Waals surface area contributed by atoms with Crippen molar-refractivity contribution < 1.29 is 0 Å². The molecule has 0 fully saturated rings. The van der Waals surface area contributed by atoms with Crippen LogP contribution in [0.2, 0.25) is 10.0 Å². The van der Waals surface area contributed by atoms with Gasteiger partial charge in [0.25, 0.3) is 0 Å². The summed E-state index contributed by atoms with van der Waals surface area (Å²) in [7, 11) is 0. The molecule has 1 aromatic carbocycles. The van der Waals surface area contributed by atoms with Gasteiger partial charge in [0.15, 0.2) is 0 Å². The zero-order valence-electron chi connectivity index (χ0n) is 8.93. The SMILES string of the molecule is CC(C)NC(CN)c1ccc(Cl)c(Cl)c1. The Morgan fingerprint density at radius 2 is 1.93 bits per heavy atom. The van der Waals surface area contributed by atoms with E-state index < -0.39 is 0 Å². The second-order valence-electron chi connectivity index (χ2n) is 3.78. The van der Waals surface area contributed by atoms with Crippen LogP contribution < -0.4 is 11.1 Å². The Hall–Kier alpha value is -0.280. The van der Waals surface area contributed by atoms with Gasteiger partial charge in [-0.05, 0) is 17.7 Å². The highest BCUT2D eigenvalue weighted by Crippen LogP contribution is 2.25. The fourth-order valence-electron chi connectivity index (χ4n) is 1.43. The van der Waals surface area contributed by atoms with Crippen molar-refractivity contribution in [2.45, 2.75) is 25.9 Å². The third-order valence-electron chi connectivity index (χ3n) is 2.12. The van der Waals surface area contributed by atoms with Crippen molar-refractivity contribution in [3.63, 3.8) is 0 Å². The van der Waals surface area contributed by atoms with Gasteiger partial charge in [-0.3, -0.25) is 0 Å². The van der Waals surface area contributed by atoms with Crippen LogP contribution in [0.5, 0.6) is 0 Å². The van der Waals surface area contributed by atoms with E-state index in [1.165, 1.54) is 0 Å². The number of hydrogen-bond donors (Lipinski definition) is 2. The lowest BCUT2D eigenvalue weighted by Crippen LogP contribution is -2.33. The molecule has 0 radical (unpaired) electrons. The van der Waals surface area contributed by atoms with E-state index in [-0.39, 0.29) is 6.04 Å². The monoisotopic (exact) mass is 246 g/mol. The van der Waals surface area contributed by atoms with Gasteiger partial charge in [0.05, 0.1) is 10.0 Å². The van der Waals surface area contributed by atoms with Crippen LogP contribution >= 0.6 is 23.2 Å². The molecule has 0 spiro atoms. The molecule has 1 rings (SSSR count). The number of nitrogens with two attached hydrogens (primary N) is 1. The molecule has 3 N–H and O–H groups in total. The van der Waals surface area contributed by atoms with E-state index in [4.69, 9.17) is 28.9 Å². The van der Waals surface area contributed by atoms with E-state index in [9.17, 15) is 0 Å². The van der Waals surface area contributed by atoms with Crippen molar-refractivity contribution in [1.82, 2.24) is 5.32 Å². The molecular weight excluding hydrogens is 231 g/mol. The minimum Gasteiger partial charge on any atom is -0.329 e. The summed E-state index contributed by atoms with van der Waals surface area (Å²) in [5.74, 6) is 0. The zero-order chi connectivity index (χ0) is 11.4. The summed E-state index contributed by atoms with van der Waals surface area (Å²) in [6.07, 6.45) is 0. The highest BCUT2D eigenvalue weighted by molar-refractivity contribution is 6.42. The summed E-state index contributed by atoms with van der Waals surface area (Å²) in [4.78, 5) is 0. The molecule has 84 valence electrons. The summed E-state index contributed by atoms with van der Waals surface area (Å²) < 4.78 is 0. The molecule has 0 aliphatic carbocycles. The minimum atomic E-state index is 0.125. The third-order valence-corrected chi connectivity index (χ3v) is 2.86. The Kier molecular flexibility index (Phi) is 4.87. The quantitative estimate of drug-likeness (QED) is 0.858. The lowest BCUT2D eigenvalue weighted by Gasteiger charge is -2.20. The smallest absolute Gasteiger partial charge is 0.0595 e. The van der Waals surface area contributed by atoms with E-state index in [0.717, 1.165) is 5.56 Å². The predicted molar refractivity (Wildman–Crippen MR) is 66.5 cm³/mol. The molecular formula is C11H16Cl2N2. The van der Waals surface area contributed by atoms with Crippen LogP contribution in [0.25, 0.3) is 0 Å². The number of hydrogen-bond acceptors (Lipinski definition) is 2. The second-order valence-corrected chi connectivity index (χ2v) is 4.60. The topological polar surface area (TPSA) is 38.0 Å². The number of nitrogens with one attached hydrogen (secondary N) is 1. The predicted octanol–water partition coefficient (Wildman–Crippen LogP) is 2.99. The Morgan fingerprint density at radius 3 is 2.40 bits per heavy atom. The van der Waals surface area contributed by atoms with Gasteiger partial charge in [-0.1, -0.05) is 43.1 Å². The Bertz CT molecular complexity index is 326. The lowest BCUT2D eigenvalue weighted by atomic mass is 10.1. The summed E-state index contributed by atoms with van der Waals surface area (Å²) >= 11 is 11.8. The first-order chi connectivity index (χ1) is 7.04. The average molecular weight is 247 g/mol. The highest BCUT2D eigenvalue weighted by atomic mass is 35.5. The summed E-state index contributed by atoms with van der Waals surface area (Å²) in [6, 6.07) is 6.11. The molecule has 1 atom stereocenters. The molecule has 0 heterocycles. The molecule has 0 saturated heterocycles. The molecule has 0 aliphatic heterocycles. The van der Waals surface area contributed by atoms with E-state index >= 15 is 0 Å². The van der Waals surface area contributed by atoms with Gasteiger partial charge >= 0.3 is 0 Å². The van der Waals surface area contributed by atoms with Gasteiger partial charge < -0.3 is 11.1 Å². The van der Waals surface area contributed by atoms with Crippen molar-refractivity contribution in [3.8, 4) is 0 Å². The molecule has 4 heteroatoms. The molecule has 0 aliphatic rings. The molecule has 0 saturated carbocycles. The Morgan fingerprint density at radius 1 is 1.27 bits per heavy atom. The van der Waals surface area contributed by atoms with E-state index in [1.807, 2.05) is 12.1 Å². The first-order valence-electron chi connectivity index (χ1n) is 4.95. The molecule has 1 unspecified atom stereocenters. The van der Waals surface area contributed by atoms with Gasteiger partial charge in [0.1, 0.15) is 0 Å². The van der Waals surface area contributed by atoms with Gasteiger partial charge in [-0.25, -0.2) is 0 Å². The van der Waals surface area contributed by atoms with Gasteiger partial charge in [-0.15, -0.1) is 0 Å². The van der Waals surface area contributed by atoms with Gasteiger partial charge in [-0.2, -0.15) is 0 Å². The summed E-state index contributed by atoms with van der Waals surface area (Å²) in [6.45, 7) is 4.70. The summed E-state index contributed by atoms with van der Waals surface area (Å²) in [5, 5.41) is 4.50. The molecule has 15 heavy (non-hydrogen) atoms. The van der Waals surface area contributed by atoms with Crippen molar-refractivity contribution in [2.75, 3.05) is 6.54 Å². The van der Waals surface area contributed by atoms with Crippen LogP contribution in [-0.2, 0) is 0 Å². The fourth-order valence-corrected chi connectivity index (χ4v) is 1.74. The van der Waals surface area contributed by atoms with Crippen molar-refractivity contribution in [3.05, 3.63) is 33.8 Å². The van der Waals surface area contributed by atoms with Crippen molar-refractivity contribution in [1.29, 1.82) is 0 Å². The standard InChI is InChI=1S/C11H16Cl2N2/c1-7(2)15-11(6-14)8-3-4-9(12)10(13)5-8/h3-5,7,11,15H,6,14H2,1-2H3. The van der Waals surface area contributed by atoms with Crippen molar-refractivity contribution in [2.24, 2.45) is 5.73 Å². The average Bonchev–Trinajstić information content (AvgIpc) is 2.18. The van der Waals surface area contributed by atoms with Crippen LogP contribution in [0.3, 0.4) is 0 Å². The molecule has 1 aromatic rings. The van der Waals surface area contributed by atoms with Crippen molar-refractivity contribution >= 4 is 23.2 Å². The van der Waals surface area contributed by atoms with Crippen LogP contribution in [0.15, 0.2) is 18.2 Å². The first-order valence-corrected chi connectivity index (χ1v) is 5.71. The van der Waals surface area contributed by atoms with Crippen LogP contribution in [0, 0.1) is 0 Å². The Balaban J connectivity index is 2.87. The highest BCUT2D eigenvalue weighted by Gasteiger charge is 2.11. The zero-order valence-corrected chi connectivity index (χ0v) is 10.4. The van der Waals surface area contributed by atoms with Gasteiger partial charge in [0.2, 0.25) is 0 Å². The van der Waals surface area contributed by atoms with Crippen LogP contribution in [-0.4, -0.2) is 12.6 Å². The molecule has 0 aromatic heterocycles. The molecule has 2 nitrogen and oxygen atoms in total. The molecule has 0 bridgehead atoms. The first kappa shape index (κ1) is 12.8. The number of halogens is 2. The number of benzene rings is 1. The Labute approximate surface area is 101 Å². The lowest BCUT2D eigenvalue weighted by molar-refractivity contribution is 0.484. The van der Waals surface area contributed by atoms with Gasteiger partial charge in [0, 0.05) is 18.6 Å². The minimum absolute atomic E-state index is 0.125. The van der Waals surface area contributed by atoms with E-state index in [2.05, 4.69) is 19.2 Å². The molecule has 0 amide bonds. The van der Waals surface area contributed by atoms with E-state index in [1.54, 1.807) is 6.07 Å². The van der Waals surface area contributed by atoms with Crippen LogP contribution in [0.4, 0.5) is 0 Å². The summed E-state index contributed by atoms with van der Waals surface area (Å²) in [5.41, 5.74) is 6.77. The largest absolute Gasteiger partial charge is 0.329 e. The van der Waals surface area contributed by atoms with E-state index in [0.29, 0.717) is 22.6 Å². The van der Waals surface area contributed by atoms with Crippen LogP contribution in [0.1, 0.15) is 25.5 Å². The number of rotatable bonds is 4. The maximum atomic E-state index is 5.95. The maximum Gasteiger partial charge on any atom is 0.0595 e. The third kappa shape index (κ3) is 3.65.